The molecule has 3 rings (SSSR count). The SMILES string of the molecule is OC(c1ccc(C(F)F)cc1)C1CC2CCC1C2. The zero-order valence-corrected chi connectivity index (χ0v) is 10.2. The quantitative estimate of drug-likeness (QED) is 0.859. The summed E-state index contributed by atoms with van der Waals surface area (Å²) in [5, 5.41) is 10.4. The number of rotatable bonds is 3. The van der Waals surface area contributed by atoms with Gasteiger partial charge in [-0.3, -0.25) is 0 Å². The summed E-state index contributed by atoms with van der Waals surface area (Å²) in [7, 11) is 0. The van der Waals surface area contributed by atoms with E-state index in [4.69, 9.17) is 0 Å². The molecule has 1 N–H and O–H groups in total. The van der Waals surface area contributed by atoms with Crippen LogP contribution in [0.2, 0.25) is 0 Å². The first-order valence-corrected chi connectivity index (χ1v) is 6.71. The monoisotopic (exact) mass is 252 g/mol. The number of aliphatic hydroxyl groups excluding tert-OH is 1. The van der Waals surface area contributed by atoms with E-state index in [0.717, 1.165) is 17.9 Å². The Hall–Kier alpha value is -0.960. The molecule has 2 fully saturated rings. The average Bonchev–Trinajstić information content (AvgIpc) is 3.00. The van der Waals surface area contributed by atoms with Gasteiger partial charge in [0, 0.05) is 5.56 Å². The largest absolute Gasteiger partial charge is 0.388 e. The Balaban J connectivity index is 1.74. The predicted molar refractivity (Wildman–Crippen MR) is 65.3 cm³/mol. The first-order valence-electron chi connectivity index (χ1n) is 6.71. The van der Waals surface area contributed by atoms with Crippen LogP contribution in [0.25, 0.3) is 0 Å². The van der Waals surface area contributed by atoms with Crippen LogP contribution < -0.4 is 0 Å². The lowest BCUT2D eigenvalue weighted by molar-refractivity contribution is 0.0744. The van der Waals surface area contributed by atoms with Gasteiger partial charge in [0.05, 0.1) is 6.10 Å². The Morgan fingerprint density at radius 2 is 1.67 bits per heavy atom. The van der Waals surface area contributed by atoms with Gasteiger partial charge in [-0.05, 0) is 42.6 Å². The van der Waals surface area contributed by atoms with Crippen LogP contribution in [0.4, 0.5) is 8.78 Å². The van der Waals surface area contributed by atoms with Crippen LogP contribution in [0.3, 0.4) is 0 Å². The van der Waals surface area contributed by atoms with Gasteiger partial charge in [-0.15, -0.1) is 0 Å². The number of aliphatic hydroxyl groups is 1. The molecule has 0 spiro atoms. The number of benzene rings is 1. The van der Waals surface area contributed by atoms with Crippen molar-refractivity contribution in [1.29, 1.82) is 0 Å². The molecule has 2 bridgehead atoms. The van der Waals surface area contributed by atoms with Crippen molar-refractivity contribution in [2.75, 3.05) is 0 Å². The van der Waals surface area contributed by atoms with Crippen molar-refractivity contribution < 1.29 is 13.9 Å². The van der Waals surface area contributed by atoms with Crippen molar-refractivity contribution >= 4 is 0 Å². The van der Waals surface area contributed by atoms with Gasteiger partial charge in [-0.25, -0.2) is 8.78 Å². The second-order valence-electron chi connectivity index (χ2n) is 5.75. The van der Waals surface area contributed by atoms with Gasteiger partial charge >= 0.3 is 0 Å². The molecule has 98 valence electrons. The van der Waals surface area contributed by atoms with E-state index in [1.807, 2.05) is 0 Å². The zero-order valence-electron chi connectivity index (χ0n) is 10.2. The van der Waals surface area contributed by atoms with Crippen molar-refractivity contribution in [2.45, 2.75) is 38.2 Å². The number of fused-ring (bicyclic) bond motifs is 2. The van der Waals surface area contributed by atoms with Crippen molar-refractivity contribution in [1.82, 2.24) is 0 Å². The van der Waals surface area contributed by atoms with Crippen LogP contribution in [0.15, 0.2) is 24.3 Å². The molecule has 18 heavy (non-hydrogen) atoms. The highest BCUT2D eigenvalue weighted by molar-refractivity contribution is 5.25. The summed E-state index contributed by atoms with van der Waals surface area (Å²) in [5.41, 5.74) is 0.816. The standard InChI is InChI=1S/C15H18F2O/c16-15(17)11-5-3-10(4-6-11)14(18)13-8-9-1-2-12(13)7-9/h3-6,9,12-15,18H,1-2,7-8H2. The lowest BCUT2D eigenvalue weighted by atomic mass is 9.82. The molecule has 2 saturated carbocycles. The average molecular weight is 252 g/mol. The molecule has 0 heterocycles. The Labute approximate surface area is 106 Å². The summed E-state index contributed by atoms with van der Waals surface area (Å²) >= 11 is 0. The van der Waals surface area contributed by atoms with Gasteiger partial charge in [-0.1, -0.05) is 30.7 Å². The molecule has 0 radical (unpaired) electrons. The predicted octanol–water partition coefficient (Wildman–Crippen LogP) is 4.09. The van der Waals surface area contributed by atoms with Crippen molar-refractivity contribution in [3.63, 3.8) is 0 Å². The van der Waals surface area contributed by atoms with Gasteiger partial charge in [0.25, 0.3) is 6.43 Å². The second-order valence-corrected chi connectivity index (χ2v) is 5.75. The van der Waals surface area contributed by atoms with Crippen molar-refractivity contribution in [3.05, 3.63) is 35.4 Å². The van der Waals surface area contributed by atoms with Crippen LogP contribution in [0.1, 0.15) is 49.3 Å². The molecule has 0 amide bonds. The van der Waals surface area contributed by atoms with Crippen molar-refractivity contribution in [2.24, 2.45) is 17.8 Å². The minimum Gasteiger partial charge on any atom is -0.388 e. The van der Waals surface area contributed by atoms with Crippen LogP contribution in [-0.4, -0.2) is 5.11 Å². The van der Waals surface area contributed by atoms with Gasteiger partial charge in [-0.2, -0.15) is 0 Å². The Morgan fingerprint density at radius 1 is 1.00 bits per heavy atom. The number of halogens is 2. The fourth-order valence-electron chi connectivity index (χ4n) is 3.77. The van der Waals surface area contributed by atoms with Crippen LogP contribution in [0.5, 0.6) is 0 Å². The summed E-state index contributed by atoms with van der Waals surface area (Å²) < 4.78 is 24.9. The smallest absolute Gasteiger partial charge is 0.263 e. The van der Waals surface area contributed by atoms with E-state index in [2.05, 4.69) is 0 Å². The zero-order chi connectivity index (χ0) is 12.7. The maximum atomic E-state index is 12.5. The lowest BCUT2D eigenvalue weighted by Crippen LogP contribution is -2.19. The summed E-state index contributed by atoms with van der Waals surface area (Å²) in [6.07, 6.45) is 1.96. The maximum absolute atomic E-state index is 12.5. The van der Waals surface area contributed by atoms with E-state index in [9.17, 15) is 13.9 Å². The molecule has 4 atom stereocenters. The molecule has 1 aromatic carbocycles. The molecule has 1 aromatic rings. The van der Waals surface area contributed by atoms with E-state index >= 15 is 0 Å². The molecule has 2 aliphatic carbocycles. The van der Waals surface area contributed by atoms with E-state index in [0.29, 0.717) is 11.8 Å². The molecule has 2 aliphatic rings. The minimum absolute atomic E-state index is 0.0268. The maximum Gasteiger partial charge on any atom is 0.263 e. The Bertz CT molecular complexity index is 415. The fourth-order valence-corrected chi connectivity index (χ4v) is 3.77. The third-order valence-electron chi connectivity index (χ3n) is 4.73. The molecule has 4 unspecified atom stereocenters. The van der Waals surface area contributed by atoms with E-state index < -0.39 is 12.5 Å². The van der Waals surface area contributed by atoms with E-state index in [1.54, 1.807) is 12.1 Å². The van der Waals surface area contributed by atoms with E-state index in [-0.39, 0.29) is 5.56 Å². The summed E-state index contributed by atoms with van der Waals surface area (Å²) in [5.74, 6) is 1.76. The molecular formula is C15H18F2O. The summed E-state index contributed by atoms with van der Waals surface area (Å²) in [4.78, 5) is 0. The third-order valence-corrected chi connectivity index (χ3v) is 4.73. The summed E-state index contributed by atoms with van der Waals surface area (Å²) in [6, 6.07) is 6.16. The van der Waals surface area contributed by atoms with Gasteiger partial charge in [0.1, 0.15) is 0 Å². The van der Waals surface area contributed by atoms with Crippen LogP contribution in [0, 0.1) is 17.8 Å². The highest BCUT2D eigenvalue weighted by atomic mass is 19.3. The fraction of sp³-hybridized carbons (Fsp3) is 0.600. The summed E-state index contributed by atoms with van der Waals surface area (Å²) in [6.45, 7) is 0. The second kappa shape index (κ2) is 4.61. The molecule has 3 heteroatoms. The lowest BCUT2D eigenvalue weighted by Gasteiger charge is -2.27. The number of hydrogen-bond donors (Lipinski definition) is 1. The van der Waals surface area contributed by atoms with Crippen molar-refractivity contribution in [3.8, 4) is 0 Å². The Kier molecular flexibility index (Phi) is 3.10. The van der Waals surface area contributed by atoms with Gasteiger partial charge in [0.2, 0.25) is 0 Å². The minimum atomic E-state index is -2.43. The highest BCUT2D eigenvalue weighted by Crippen LogP contribution is 2.52. The topological polar surface area (TPSA) is 20.2 Å². The van der Waals surface area contributed by atoms with Gasteiger partial charge < -0.3 is 5.11 Å². The third kappa shape index (κ3) is 2.05. The normalized spacial score (nSPS) is 32.1. The first kappa shape index (κ1) is 12.1. The van der Waals surface area contributed by atoms with Crippen LogP contribution >= 0.6 is 0 Å². The highest BCUT2D eigenvalue weighted by Gasteiger charge is 2.42. The molecular weight excluding hydrogens is 234 g/mol. The number of hydrogen-bond acceptors (Lipinski definition) is 1. The Morgan fingerprint density at radius 3 is 2.17 bits per heavy atom. The molecule has 0 aromatic heterocycles. The van der Waals surface area contributed by atoms with Crippen LogP contribution in [-0.2, 0) is 0 Å². The number of alkyl halides is 2. The molecule has 0 saturated heterocycles. The van der Waals surface area contributed by atoms with Gasteiger partial charge in [0.15, 0.2) is 0 Å². The van der Waals surface area contributed by atoms with E-state index in [1.165, 1.54) is 31.4 Å². The molecule has 0 aliphatic heterocycles. The first-order chi connectivity index (χ1) is 8.65. The molecule has 1 nitrogen and oxygen atoms in total.